The van der Waals surface area contributed by atoms with Crippen molar-refractivity contribution >= 4 is 19.0 Å². The Balaban J connectivity index is 2.29. The molecule has 2 aromatic rings. The van der Waals surface area contributed by atoms with Gasteiger partial charge in [-0.2, -0.15) is 5.10 Å². The van der Waals surface area contributed by atoms with Crippen molar-refractivity contribution in [1.29, 1.82) is 0 Å². The van der Waals surface area contributed by atoms with Crippen LogP contribution in [-0.2, 0) is 17.9 Å². The smallest absolute Gasteiger partial charge is 0.149 e. The number of ether oxygens (including phenoxy) is 2. The zero-order valence-corrected chi connectivity index (χ0v) is 15.2. The number of aromatic nitrogens is 2. The molecule has 0 aliphatic rings. The predicted octanol–water partition coefficient (Wildman–Crippen LogP) is 3.03. The summed E-state index contributed by atoms with van der Waals surface area (Å²) in [5.41, 5.74) is 0.980. The van der Waals surface area contributed by atoms with Crippen molar-refractivity contribution in [2.75, 3.05) is 20.3 Å². The van der Waals surface area contributed by atoms with Crippen LogP contribution in [0.1, 0.15) is 5.69 Å². The second-order valence-corrected chi connectivity index (χ2v) is 12.4. The highest BCUT2D eigenvalue weighted by Gasteiger charge is 2.19. The molecule has 7 heteroatoms. The molecule has 0 radical (unpaired) electrons. The first-order valence-electron chi connectivity index (χ1n) is 7.78. The first-order chi connectivity index (χ1) is 10.9. The van der Waals surface area contributed by atoms with Gasteiger partial charge in [-0.3, -0.25) is 0 Å². The lowest BCUT2D eigenvalue weighted by Gasteiger charge is -2.15. The number of aliphatic hydroxyl groups excluding tert-OH is 1. The lowest BCUT2D eigenvalue weighted by atomic mass is 10.1. The summed E-state index contributed by atoms with van der Waals surface area (Å²) in [7, 11) is 0.375. The van der Waals surface area contributed by atoms with E-state index in [0.29, 0.717) is 35.4 Å². The highest BCUT2D eigenvalue weighted by atomic mass is 28.3. The first kappa shape index (κ1) is 17.9. The van der Waals surface area contributed by atoms with E-state index in [1.807, 2.05) is 0 Å². The van der Waals surface area contributed by atoms with Gasteiger partial charge in [-0.1, -0.05) is 19.6 Å². The summed E-state index contributed by atoms with van der Waals surface area (Å²) in [4.78, 5) is 0. The Kier molecular flexibility index (Phi) is 5.77. The fourth-order valence-corrected chi connectivity index (χ4v) is 3.15. The van der Waals surface area contributed by atoms with E-state index in [4.69, 9.17) is 9.47 Å². The van der Waals surface area contributed by atoms with E-state index in [1.54, 1.807) is 6.07 Å². The highest BCUT2D eigenvalue weighted by molar-refractivity contribution is 6.76. The minimum Gasteiger partial charge on any atom is -0.496 e. The molecule has 0 aliphatic heterocycles. The van der Waals surface area contributed by atoms with Gasteiger partial charge in [-0.05, 0) is 18.2 Å². The molecule has 0 aliphatic carbocycles. The van der Waals surface area contributed by atoms with Crippen LogP contribution in [0, 0.1) is 5.82 Å². The maximum absolute atomic E-state index is 14.3. The Morgan fingerprint density at radius 3 is 2.65 bits per heavy atom. The quantitative estimate of drug-likeness (QED) is 0.593. The molecule has 128 valence electrons. The summed E-state index contributed by atoms with van der Waals surface area (Å²) in [6.07, 6.45) is 0.345. The average Bonchev–Trinajstić information content (AvgIpc) is 2.84. The zero-order valence-electron chi connectivity index (χ0n) is 14.2. The standard InChI is InChI=1S/C16H25FN2O3Si/c1-21-14-6-5-12(17)16-15(14)13(7-8-20)18-19(16)11-22-9-10-23(2,3)4/h5-6,20H,7-11H2,1-4H3. The van der Waals surface area contributed by atoms with Crippen LogP contribution in [-0.4, -0.2) is 43.3 Å². The van der Waals surface area contributed by atoms with Crippen LogP contribution in [0.4, 0.5) is 4.39 Å². The van der Waals surface area contributed by atoms with Crippen LogP contribution in [0.15, 0.2) is 12.1 Å². The van der Waals surface area contributed by atoms with Crippen molar-refractivity contribution in [2.24, 2.45) is 0 Å². The lowest BCUT2D eigenvalue weighted by Crippen LogP contribution is -2.22. The third kappa shape index (κ3) is 4.30. The topological polar surface area (TPSA) is 56.5 Å². The van der Waals surface area contributed by atoms with Gasteiger partial charge in [-0.15, -0.1) is 0 Å². The third-order valence-corrected chi connectivity index (χ3v) is 5.36. The Labute approximate surface area is 137 Å². The molecular weight excluding hydrogens is 315 g/mol. The largest absolute Gasteiger partial charge is 0.496 e. The zero-order chi connectivity index (χ0) is 17.0. The van der Waals surface area contributed by atoms with Crippen LogP contribution >= 0.6 is 0 Å². The number of hydrogen-bond acceptors (Lipinski definition) is 4. The van der Waals surface area contributed by atoms with E-state index in [9.17, 15) is 9.50 Å². The number of halogens is 1. The molecule has 0 saturated heterocycles. The second-order valence-electron chi connectivity index (χ2n) is 6.74. The first-order valence-corrected chi connectivity index (χ1v) is 11.5. The Morgan fingerprint density at radius 2 is 2.04 bits per heavy atom. The lowest BCUT2D eigenvalue weighted by molar-refractivity contribution is 0.0809. The number of rotatable bonds is 8. The molecule has 0 fully saturated rings. The van der Waals surface area contributed by atoms with Crippen LogP contribution in [0.2, 0.25) is 25.7 Å². The average molecular weight is 340 g/mol. The molecule has 0 atom stereocenters. The summed E-state index contributed by atoms with van der Waals surface area (Å²) in [5, 5.41) is 14.2. The van der Waals surface area contributed by atoms with Crippen LogP contribution in [0.5, 0.6) is 5.75 Å². The van der Waals surface area contributed by atoms with Gasteiger partial charge in [-0.25, -0.2) is 9.07 Å². The predicted molar refractivity (Wildman–Crippen MR) is 91.1 cm³/mol. The Hall–Kier alpha value is -1.44. The van der Waals surface area contributed by atoms with Crippen LogP contribution in [0.3, 0.4) is 0 Å². The molecule has 0 spiro atoms. The molecule has 5 nitrogen and oxygen atoms in total. The van der Waals surface area contributed by atoms with E-state index < -0.39 is 8.07 Å². The van der Waals surface area contributed by atoms with Crippen molar-refractivity contribution in [3.8, 4) is 5.75 Å². The molecule has 0 bridgehead atoms. The number of fused-ring (bicyclic) bond motifs is 1. The van der Waals surface area contributed by atoms with Gasteiger partial charge in [0.15, 0.2) is 0 Å². The van der Waals surface area contributed by atoms with Crippen LogP contribution in [0.25, 0.3) is 10.9 Å². The summed E-state index contributed by atoms with van der Waals surface area (Å²) in [6.45, 7) is 7.62. The maximum Gasteiger partial charge on any atom is 0.149 e. The van der Waals surface area contributed by atoms with Crippen molar-refractivity contribution in [1.82, 2.24) is 9.78 Å². The molecule has 1 aromatic carbocycles. The molecule has 0 unspecified atom stereocenters. The summed E-state index contributed by atoms with van der Waals surface area (Å²) in [5.74, 6) is 0.185. The van der Waals surface area contributed by atoms with Gasteiger partial charge >= 0.3 is 0 Å². The van der Waals surface area contributed by atoms with Gasteiger partial charge in [0.1, 0.15) is 23.8 Å². The van der Waals surface area contributed by atoms with Crippen molar-refractivity contribution in [3.05, 3.63) is 23.6 Å². The monoisotopic (exact) mass is 340 g/mol. The number of hydrogen-bond donors (Lipinski definition) is 1. The van der Waals surface area contributed by atoms with Crippen molar-refractivity contribution in [2.45, 2.75) is 38.8 Å². The molecule has 0 amide bonds. The summed E-state index contributed by atoms with van der Waals surface area (Å²) >= 11 is 0. The number of methoxy groups -OCH3 is 1. The summed E-state index contributed by atoms with van der Waals surface area (Å²) in [6, 6.07) is 3.99. The SMILES string of the molecule is COc1ccc(F)c2c1c(CCO)nn2COCC[Si](C)(C)C. The van der Waals surface area contributed by atoms with E-state index >= 15 is 0 Å². The molecule has 1 aromatic heterocycles. The van der Waals surface area contributed by atoms with E-state index in [2.05, 4.69) is 24.7 Å². The van der Waals surface area contributed by atoms with Gasteiger partial charge < -0.3 is 14.6 Å². The molecule has 23 heavy (non-hydrogen) atoms. The van der Waals surface area contributed by atoms with E-state index in [-0.39, 0.29) is 19.2 Å². The summed E-state index contributed by atoms with van der Waals surface area (Å²) < 4.78 is 26.8. The minimum absolute atomic E-state index is 0.0533. The molecule has 1 heterocycles. The Morgan fingerprint density at radius 1 is 1.30 bits per heavy atom. The van der Waals surface area contributed by atoms with Crippen LogP contribution < -0.4 is 4.74 Å². The minimum atomic E-state index is -1.16. The molecule has 1 N–H and O–H groups in total. The third-order valence-electron chi connectivity index (χ3n) is 3.66. The Bertz CT molecular complexity index is 667. The van der Waals surface area contributed by atoms with Gasteiger partial charge in [0, 0.05) is 27.7 Å². The van der Waals surface area contributed by atoms with Crippen molar-refractivity contribution < 1.29 is 19.0 Å². The normalized spacial score (nSPS) is 12.1. The fraction of sp³-hybridized carbons (Fsp3) is 0.562. The molecule has 2 rings (SSSR count). The maximum atomic E-state index is 14.3. The number of aliphatic hydroxyl groups is 1. The van der Waals surface area contributed by atoms with Gasteiger partial charge in [0.25, 0.3) is 0 Å². The van der Waals surface area contributed by atoms with Crippen molar-refractivity contribution in [3.63, 3.8) is 0 Å². The fourth-order valence-electron chi connectivity index (χ4n) is 2.40. The molecule has 0 saturated carbocycles. The van der Waals surface area contributed by atoms with E-state index in [1.165, 1.54) is 17.9 Å². The highest BCUT2D eigenvalue weighted by Crippen LogP contribution is 2.31. The van der Waals surface area contributed by atoms with Gasteiger partial charge in [0.05, 0.1) is 18.2 Å². The number of benzene rings is 1. The number of nitrogens with zero attached hydrogens (tertiary/aromatic N) is 2. The van der Waals surface area contributed by atoms with Gasteiger partial charge in [0.2, 0.25) is 0 Å². The second kappa shape index (κ2) is 7.42. The van der Waals surface area contributed by atoms with E-state index in [0.717, 1.165) is 6.04 Å². The molecular formula is C16H25FN2O3Si.